The molecule has 2 aliphatic carbocycles. The molecule has 0 heterocycles. The summed E-state index contributed by atoms with van der Waals surface area (Å²) in [6.45, 7) is 0.365. The van der Waals surface area contributed by atoms with Gasteiger partial charge >= 0.3 is 0 Å². The Balaban J connectivity index is 2.12. The Morgan fingerprint density at radius 1 is 1.08 bits per heavy atom. The fourth-order valence-electron chi connectivity index (χ4n) is 3.28. The molecule has 3 rings (SSSR count). The summed E-state index contributed by atoms with van der Waals surface area (Å²) in [5.41, 5.74) is 3.02. The molecule has 1 heteroatoms. The Bertz CT molecular complexity index is 301. The SMILES string of the molecule is OCC1[C@@H]2CC[C@H]1c1ccccc12. The minimum atomic E-state index is 0.365. The van der Waals surface area contributed by atoms with Crippen molar-refractivity contribution in [1.29, 1.82) is 0 Å². The van der Waals surface area contributed by atoms with Crippen LogP contribution in [0.2, 0.25) is 0 Å². The molecule has 13 heavy (non-hydrogen) atoms. The van der Waals surface area contributed by atoms with Gasteiger partial charge < -0.3 is 5.11 Å². The Hall–Kier alpha value is -0.820. The lowest BCUT2D eigenvalue weighted by atomic mass is 9.92. The summed E-state index contributed by atoms with van der Waals surface area (Å²) in [6.07, 6.45) is 2.57. The fourth-order valence-corrected chi connectivity index (χ4v) is 3.28. The first-order valence-corrected chi connectivity index (χ1v) is 5.11. The Morgan fingerprint density at radius 3 is 2.08 bits per heavy atom. The van der Waals surface area contributed by atoms with E-state index in [1.807, 2.05) is 0 Å². The average molecular weight is 174 g/mol. The molecule has 1 N–H and O–H groups in total. The van der Waals surface area contributed by atoms with Gasteiger partial charge in [0.1, 0.15) is 0 Å². The van der Waals surface area contributed by atoms with Gasteiger partial charge in [-0.15, -0.1) is 0 Å². The first-order chi connectivity index (χ1) is 6.42. The molecular formula is C12H14O. The maximum atomic E-state index is 9.32. The zero-order valence-electron chi connectivity index (χ0n) is 7.61. The molecule has 0 amide bonds. The van der Waals surface area contributed by atoms with Gasteiger partial charge in [-0.3, -0.25) is 0 Å². The van der Waals surface area contributed by atoms with Crippen LogP contribution in [0.4, 0.5) is 0 Å². The summed E-state index contributed by atoms with van der Waals surface area (Å²) >= 11 is 0. The highest BCUT2D eigenvalue weighted by molar-refractivity contribution is 5.42. The van der Waals surface area contributed by atoms with E-state index in [0.29, 0.717) is 24.4 Å². The molecular weight excluding hydrogens is 160 g/mol. The summed E-state index contributed by atoms with van der Waals surface area (Å²) in [5, 5.41) is 9.32. The molecule has 1 saturated carbocycles. The van der Waals surface area contributed by atoms with Crippen molar-refractivity contribution in [1.82, 2.24) is 0 Å². The number of aliphatic hydroxyl groups excluding tert-OH is 1. The second kappa shape index (κ2) is 2.58. The van der Waals surface area contributed by atoms with Gasteiger partial charge in [-0.2, -0.15) is 0 Å². The molecule has 1 aromatic carbocycles. The largest absolute Gasteiger partial charge is 0.396 e. The van der Waals surface area contributed by atoms with Crippen molar-refractivity contribution in [2.45, 2.75) is 24.7 Å². The zero-order valence-corrected chi connectivity index (χ0v) is 7.61. The normalized spacial score (nSPS) is 35.0. The van der Waals surface area contributed by atoms with Gasteiger partial charge in [-0.25, -0.2) is 0 Å². The molecule has 2 bridgehead atoms. The standard InChI is InChI=1S/C12H14O/c13-7-12-10-5-6-11(12)9-4-2-1-3-8(9)10/h1-4,10-13H,5-7H2/t10-,11+,12?. The fraction of sp³-hybridized carbons (Fsp3) is 0.500. The van der Waals surface area contributed by atoms with E-state index < -0.39 is 0 Å². The highest BCUT2D eigenvalue weighted by Gasteiger charge is 2.44. The van der Waals surface area contributed by atoms with Crippen molar-refractivity contribution in [3.63, 3.8) is 0 Å². The van der Waals surface area contributed by atoms with Crippen molar-refractivity contribution >= 4 is 0 Å². The van der Waals surface area contributed by atoms with E-state index in [-0.39, 0.29) is 0 Å². The quantitative estimate of drug-likeness (QED) is 0.692. The first kappa shape index (κ1) is 7.57. The molecule has 0 spiro atoms. The van der Waals surface area contributed by atoms with Crippen LogP contribution in [-0.2, 0) is 0 Å². The predicted molar refractivity (Wildman–Crippen MR) is 51.7 cm³/mol. The van der Waals surface area contributed by atoms with Gasteiger partial charge in [-0.1, -0.05) is 24.3 Å². The van der Waals surface area contributed by atoms with Crippen LogP contribution in [0.5, 0.6) is 0 Å². The Labute approximate surface area is 78.4 Å². The van der Waals surface area contributed by atoms with E-state index in [0.717, 1.165) is 0 Å². The molecule has 0 aromatic heterocycles. The molecule has 1 fully saturated rings. The molecule has 1 unspecified atom stereocenters. The lowest BCUT2D eigenvalue weighted by Crippen LogP contribution is -2.08. The number of hydrogen-bond donors (Lipinski definition) is 1. The van der Waals surface area contributed by atoms with Crippen LogP contribution in [0, 0.1) is 5.92 Å². The van der Waals surface area contributed by atoms with Crippen LogP contribution >= 0.6 is 0 Å². The van der Waals surface area contributed by atoms with Crippen molar-refractivity contribution in [2.24, 2.45) is 5.92 Å². The molecule has 0 saturated heterocycles. The van der Waals surface area contributed by atoms with Gasteiger partial charge in [0.15, 0.2) is 0 Å². The lowest BCUT2D eigenvalue weighted by molar-refractivity contribution is 0.215. The van der Waals surface area contributed by atoms with Gasteiger partial charge in [0, 0.05) is 6.61 Å². The third-order valence-electron chi connectivity index (χ3n) is 3.83. The van der Waals surface area contributed by atoms with Crippen molar-refractivity contribution in [3.05, 3.63) is 35.4 Å². The van der Waals surface area contributed by atoms with Gasteiger partial charge in [0.05, 0.1) is 0 Å². The number of aliphatic hydroxyl groups is 1. The first-order valence-electron chi connectivity index (χ1n) is 5.11. The monoisotopic (exact) mass is 174 g/mol. The molecule has 3 atom stereocenters. The zero-order chi connectivity index (χ0) is 8.84. The number of rotatable bonds is 1. The summed E-state index contributed by atoms with van der Waals surface area (Å²) < 4.78 is 0. The Kier molecular flexibility index (Phi) is 1.50. The highest BCUT2D eigenvalue weighted by atomic mass is 16.3. The molecule has 2 aliphatic rings. The maximum absolute atomic E-state index is 9.32. The number of hydrogen-bond acceptors (Lipinski definition) is 1. The topological polar surface area (TPSA) is 20.2 Å². The van der Waals surface area contributed by atoms with Crippen molar-refractivity contribution in [2.75, 3.05) is 6.61 Å². The van der Waals surface area contributed by atoms with E-state index in [1.165, 1.54) is 24.0 Å². The van der Waals surface area contributed by atoms with Crippen LogP contribution in [-0.4, -0.2) is 11.7 Å². The Morgan fingerprint density at radius 2 is 1.62 bits per heavy atom. The second-order valence-electron chi connectivity index (χ2n) is 4.27. The lowest BCUT2D eigenvalue weighted by Gasteiger charge is -2.13. The average Bonchev–Trinajstić information content (AvgIpc) is 2.73. The van der Waals surface area contributed by atoms with Crippen LogP contribution < -0.4 is 0 Å². The predicted octanol–water partition coefficient (Wildman–Crippen LogP) is 2.27. The van der Waals surface area contributed by atoms with E-state index in [4.69, 9.17) is 0 Å². The maximum Gasteiger partial charge on any atom is 0.0470 e. The van der Waals surface area contributed by atoms with Gasteiger partial charge in [0.25, 0.3) is 0 Å². The van der Waals surface area contributed by atoms with Crippen LogP contribution in [0.3, 0.4) is 0 Å². The van der Waals surface area contributed by atoms with Crippen LogP contribution in [0.25, 0.3) is 0 Å². The summed E-state index contributed by atoms with van der Waals surface area (Å²) in [6, 6.07) is 8.71. The second-order valence-corrected chi connectivity index (χ2v) is 4.27. The molecule has 0 radical (unpaired) electrons. The van der Waals surface area contributed by atoms with Gasteiger partial charge in [-0.05, 0) is 41.7 Å². The van der Waals surface area contributed by atoms with Gasteiger partial charge in [0.2, 0.25) is 0 Å². The molecule has 68 valence electrons. The third-order valence-corrected chi connectivity index (χ3v) is 3.83. The molecule has 1 aromatic rings. The molecule has 1 nitrogen and oxygen atoms in total. The molecule has 0 aliphatic heterocycles. The third kappa shape index (κ3) is 0.856. The minimum Gasteiger partial charge on any atom is -0.396 e. The smallest absolute Gasteiger partial charge is 0.0470 e. The van der Waals surface area contributed by atoms with E-state index in [1.54, 1.807) is 0 Å². The summed E-state index contributed by atoms with van der Waals surface area (Å²) in [7, 11) is 0. The van der Waals surface area contributed by atoms with Crippen molar-refractivity contribution < 1.29 is 5.11 Å². The number of fused-ring (bicyclic) bond motifs is 5. The van der Waals surface area contributed by atoms with Crippen molar-refractivity contribution in [3.8, 4) is 0 Å². The summed E-state index contributed by atoms with van der Waals surface area (Å²) in [5.74, 6) is 1.84. The van der Waals surface area contributed by atoms with Crippen LogP contribution in [0.1, 0.15) is 35.8 Å². The van der Waals surface area contributed by atoms with E-state index in [9.17, 15) is 5.11 Å². The summed E-state index contributed by atoms with van der Waals surface area (Å²) in [4.78, 5) is 0. The number of benzene rings is 1. The minimum absolute atomic E-state index is 0.365. The van der Waals surface area contributed by atoms with E-state index in [2.05, 4.69) is 24.3 Å². The highest BCUT2D eigenvalue weighted by Crippen LogP contribution is 2.56. The van der Waals surface area contributed by atoms with Crippen LogP contribution in [0.15, 0.2) is 24.3 Å². The van der Waals surface area contributed by atoms with E-state index >= 15 is 0 Å².